The number of para-hydroxylation sites is 1. The molecule has 2 aliphatic heterocycles. The molecule has 0 bridgehead atoms. The third kappa shape index (κ3) is 3.51. The van der Waals surface area contributed by atoms with E-state index in [4.69, 9.17) is 0 Å². The number of ketones is 1. The highest BCUT2D eigenvalue weighted by Crippen LogP contribution is 2.53. The molecule has 2 aliphatic rings. The number of Topliss-reactive ketones (excluding diaryl/α,β-unsaturated/α-hetero) is 1. The van der Waals surface area contributed by atoms with Crippen LogP contribution in [-0.2, 0) is 19.9 Å². The van der Waals surface area contributed by atoms with Crippen LogP contribution in [-0.4, -0.2) is 66.2 Å². The Morgan fingerprint density at radius 3 is 2.32 bits per heavy atom. The van der Waals surface area contributed by atoms with Crippen LogP contribution in [0.3, 0.4) is 0 Å². The van der Waals surface area contributed by atoms with Gasteiger partial charge in [0.2, 0.25) is 0 Å². The summed E-state index contributed by atoms with van der Waals surface area (Å²) < 4.78 is 0. The zero-order valence-electron chi connectivity index (χ0n) is 20.2. The molecule has 4 rings (SSSR count). The number of carbonyl (C=O) groups is 3. The van der Waals surface area contributed by atoms with Crippen molar-refractivity contribution in [3.63, 3.8) is 0 Å². The van der Waals surface area contributed by atoms with Crippen LogP contribution in [0.15, 0.2) is 54.1 Å². The molecule has 1 N–H and O–H groups in total. The number of aryl methyl sites for hydroxylation is 1. The SMILES string of the molecule is CCCN1C(=O)[C@]2(C(=C(O)c3ccc(C)cc3)C(=O)C(=O)N2CCCN(C)C)c2ccccc21. The van der Waals surface area contributed by atoms with E-state index in [0.29, 0.717) is 42.7 Å². The summed E-state index contributed by atoms with van der Waals surface area (Å²) in [5, 5.41) is 11.4. The largest absolute Gasteiger partial charge is 0.507 e. The van der Waals surface area contributed by atoms with Crippen LogP contribution < -0.4 is 4.90 Å². The first kappa shape index (κ1) is 23.7. The molecule has 1 atom stereocenters. The van der Waals surface area contributed by atoms with Gasteiger partial charge in [0.25, 0.3) is 17.6 Å². The Morgan fingerprint density at radius 2 is 1.68 bits per heavy atom. The van der Waals surface area contributed by atoms with Gasteiger partial charge in [-0.05, 0) is 46.5 Å². The monoisotopic (exact) mass is 461 g/mol. The minimum absolute atomic E-state index is 0.151. The molecule has 2 heterocycles. The van der Waals surface area contributed by atoms with Crippen molar-refractivity contribution in [1.82, 2.24) is 9.80 Å². The van der Waals surface area contributed by atoms with Crippen molar-refractivity contribution in [2.75, 3.05) is 38.6 Å². The first-order valence-electron chi connectivity index (χ1n) is 11.7. The lowest BCUT2D eigenvalue weighted by Crippen LogP contribution is -2.52. The topological polar surface area (TPSA) is 81.2 Å². The van der Waals surface area contributed by atoms with E-state index in [0.717, 1.165) is 5.56 Å². The van der Waals surface area contributed by atoms with Gasteiger partial charge in [0, 0.05) is 24.2 Å². The minimum atomic E-state index is -1.68. The number of aliphatic hydroxyl groups is 1. The number of benzene rings is 2. The van der Waals surface area contributed by atoms with Gasteiger partial charge in [-0.2, -0.15) is 0 Å². The fourth-order valence-electron chi connectivity index (χ4n) is 5.01. The molecule has 1 saturated heterocycles. The van der Waals surface area contributed by atoms with Crippen molar-refractivity contribution in [3.8, 4) is 0 Å². The van der Waals surface area contributed by atoms with E-state index in [1.54, 1.807) is 29.2 Å². The molecule has 178 valence electrons. The second kappa shape index (κ2) is 9.06. The summed E-state index contributed by atoms with van der Waals surface area (Å²) in [6.07, 6.45) is 1.29. The number of anilines is 1. The minimum Gasteiger partial charge on any atom is -0.507 e. The van der Waals surface area contributed by atoms with E-state index in [9.17, 15) is 19.5 Å². The summed E-state index contributed by atoms with van der Waals surface area (Å²) in [7, 11) is 3.86. The number of likely N-dealkylation sites (tertiary alicyclic amines) is 1. The molecule has 0 saturated carbocycles. The molecule has 34 heavy (non-hydrogen) atoms. The first-order valence-corrected chi connectivity index (χ1v) is 11.7. The second-order valence-corrected chi connectivity index (χ2v) is 9.22. The molecule has 0 aliphatic carbocycles. The molecule has 7 heteroatoms. The number of carbonyl (C=O) groups excluding carboxylic acids is 3. The molecule has 1 fully saturated rings. The average molecular weight is 462 g/mol. The average Bonchev–Trinajstić information content (AvgIpc) is 3.18. The number of fused-ring (bicyclic) bond motifs is 2. The van der Waals surface area contributed by atoms with Gasteiger partial charge >= 0.3 is 0 Å². The van der Waals surface area contributed by atoms with Gasteiger partial charge in [0.1, 0.15) is 5.76 Å². The van der Waals surface area contributed by atoms with Crippen molar-refractivity contribution < 1.29 is 19.5 Å². The number of nitrogens with zero attached hydrogens (tertiary/aromatic N) is 3. The van der Waals surface area contributed by atoms with E-state index in [2.05, 4.69) is 0 Å². The van der Waals surface area contributed by atoms with E-state index < -0.39 is 17.2 Å². The number of rotatable bonds is 7. The van der Waals surface area contributed by atoms with Crippen LogP contribution in [0.25, 0.3) is 5.76 Å². The molecule has 1 spiro atoms. The molecule has 0 unspecified atom stereocenters. The maximum absolute atomic E-state index is 14.2. The van der Waals surface area contributed by atoms with Crippen molar-refractivity contribution in [3.05, 3.63) is 70.8 Å². The van der Waals surface area contributed by atoms with Crippen molar-refractivity contribution in [1.29, 1.82) is 0 Å². The van der Waals surface area contributed by atoms with E-state index in [1.807, 2.05) is 57.1 Å². The molecule has 7 nitrogen and oxygen atoms in total. The summed E-state index contributed by atoms with van der Waals surface area (Å²) in [6.45, 7) is 5.25. The number of hydrogen-bond acceptors (Lipinski definition) is 5. The molecule has 0 radical (unpaired) electrons. The van der Waals surface area contributed by atoms with E-state index >= 15 is 0 Å². The number of amides is 2. The zero-order valence-corrected chi connectivity index (χ0v) is 20.2. The van der Waals surface area contributed by atoms with Gasteiger partial charge in [-0.1, -0.05) is 55.0 Å². The maximum Gasteiger partial charge on any atom is 0.296 e. The quantitative estimate of drug-likeness (QED) is 0.389. The lowest BCUT2D eigenvalue weighted by atomic mass is 9.81. The highest BCUT2D eigenvalue weighted by molar-refractivity contribution is 6.50. The van der Waals surface area contributed by atoms with Crippen LogP contribution in [0.1, 0.15) is 36.5 Å². The molecule has 2 aromatic rings. The molecule has 2 amide bonds. The van der Waals surface area contributed by atoms with Gasteiger partial charge in [-0.25, -0.2) is 0 Å². The van der Waals surface area contributed by atoms with Gasteiger partial charge in [0.15, 0.2) is 5.54 Å². The number of hydrogen-bond donors (Lipinski definition) is 1. The van der Waals surface area contributed by atoms with E-state index in [1.165, 1.54) is 4.90 Å². The number of aliphatic hydroxyl groups excluding tert-OH is 1. The third-order valence-corrected chi connectivity index (χ3v) is 6.57. The first-order chi connectivity index (χ1) is 16.2. The predicted molar refractivity (Wildman–Crippen MR) is 131 cm³/mol. The Balaban J connectivity index is 1.99. The summed E-state index contributed by atoms with van der Waals surface area (Å²) in [5.74, 6) is -2.28. The van der Waals surface area contributed by atoms with Crippen LogP contribution in [0.5, 0.6) is 0 Å². The Morgan fingerprint density at radius 1 is 1.00 bits per heavy atom. The van der Waals surface area contributed by atoms with Crippen molar-refractivity contribution in [2.45, 2.75) is 32.2 Å². The fraction of sp³-hybridized carbons (Fsp3) is 0.370. The lowest BCUT2D eigenvalue weighted by molar-refractivity contribution is -0.143. The van der Waals surface area contributed by atoms with Gasteiger partial charge in [0.05, 0.1) is 11.3 Å². The Bertz CT molecular complexity index is 1170. The van der Waals surface area contributed by atoms with Crippen molar-refractivity contribution >= 4 is 29.0 Å². The Hall–Kier alpha value is -3.45. The fourth-order valence-corrected chi connectivity index (χ4v) is 5.01. The lowest BCUT2D eigenvalue weighted by Gasteiger charge is -2.34. The standard InChI is InChI=1S/C27H31N3O4/c1-5-15-29-21-10-7-6-9-20(21)27(26(29)34)22(23(31)19-13-11-18(2)12-14-19)24(32)25(33)30(27)17-8-16-28(3)4/h6-7,9-14,31H,5,8,15-17H2,1-4H3/t27-/m1/s1. The summed E-state index contributed by atoms with van der Waals surface area (Å²) >= 11 is 0. The normalized spacial score (nSPS) is 21.3. The third-order valence-electron chi connectivity index (χ3n) is 6.57. The van der Waals surface area contributed by atoms with Crippen LogP contribution in [0.2, 0.25) is 0 Å². The summed E-state index contributed by atoms with van der Waals surface area (Å²) in [6, 6.07) is 14.3. The van der Waals surface area contributed by atoms with Gasteiger partial charge in [-0.3, -0.25) is 14.4 Å². The highest BCUT2D eigenvalue weighted by atomic mass is 16.3. The van der Waals surface area contributed by atoms with Crippen LogP contribution in [0.4, 0.5) is 5.69 Å². The molecular formula is C27H31N3O4. The highest BCUT2D eigenvalue weighted by Gasteiger charge is 2.66. The Kier molecular flexibility index (Phi) is 6.32. The van der Waals surface area contributed by atoms with Crippen LogP contribution >= 0.6 is 0 Å². The maximum atomic E-state index is 14.2. The second-order valence-electron chi connectivity index (χ2n) is 9.22. The molecular weight excluding hydrogens is 430 g/mol. The zero-order chi connectivity index (χ0) is 24.6. The molecule has 2 aromatic carbocycles. The molecule has 0 aromatic heterocycles. The smallest absolute Gasteiger partial charge is 0.296 e. The Labute approximate surface area is 200 Å². The summed E-state index contributed by atoms with van der Waals surface area (Å²) in [4.78, 5) is 46.1. The summed E-state index contributed by atoms with van der Waals surface area (Å²) in [5.41, 5.74) is 0.792. The predicted octanol–water partition coefficient (Wildman–Crippen LogP) is 3.28. The van der Waals surface area contributed by atoms with Gasteiger partial charge in [-0.15, -0.1) is 0 Å². The van der Waals surface area contributed by atoms with Crippen molar-refractivity contribution in [2.24, 2.45) is 0 Å². The van der Waals surface area contributed by atoms with E-state index in [-0.39, 0.29) is 23.8 Å². The van der Waals surface area contributed by atoms with Gasteiger partial charge < -0.3 is 19.8 Å². The van der Waals surface area contributed by atoms with Crippen LogP contribution in [0, 0.1) is 6.92 Å².